The van der Waals surface area contributed by atoms with Crippen molar-refractivity contribution >= 4 is 27.7 Å². The van der Waals surface area contributed by atoms with E-state index in [0.717, 1.165) is 21.1 Å². The number of ether oxygens (including phenoxy) is 1. The first-order valence-corrected chi connectivity index (χ1v) is 6.90. The Morgan fingerprint density at radius 3 is 2.53 bits per heavy atom. The molecule has 1 heterocycles. The number of benzene rings is 1. The van der Waals surface area contributed by atoms with Crippen LogP contribution in [-0.4, -0.2) is 22.3 Å². The van der Waals surface area contributed by atoms with E-state index in [1.165, 1.54) is 0 Å². The normalized spacial score (nSPS) is 10.2. The molecule has 0 bridgehead atoms. The summed E-state index contributed by atoms with van der Waals surface area (Å²) in [4.78, 5) is 8.25. The lowest BCUT2D eigenvalue weighted by atomic mass is 10.3. The van der Waals surface area contributed by atoms with Gasteiger partial charge in [0.05, 0.1) is 6.61 Å². The van der Waals surface area contributed by atoms with E-state index in [4.69, 9.17) is 4.74 Å². The molecule has 2 aromatic rings. The SMILES string of the molecule is Brc1ccc(OCCSc2ncccn2)cc1. The Kier molecular flexibility index (Phi) is 4.82. The standard InChI is InChI=1S/C12H11BrN2OS/c13-10-2-4-11(5-3-10)16-8-9-17-12-14-6-1-7-15-12/h1-7H,8-9H2. The molecule has 2 rings (SSSR count). The molecule has 0 atom stereocenters. The second-order valence-electron chi connectivity index (χ2n) is 3.18. The van der Waals surface area contributed by atoms with Gasteiger partial charge >= 0.3 is 0 Å². The van der Waals surface area contributed by atoms with Crippen molar-refractivity contribution in [2.45, 2.75) is 5.16 Å². The van der Waals surface area contributed by atoms with Gasteiger partial charge < -0.3 is 4.74 Å². The Morgan fingerprint density at radius 2 is 1.82 bits per heavy atom. The van der Waals surface area contributed by atoms with E-state index in [9.17, 15) is 0 Å². The summed E-state index contributed by atoms with van der Waals surface area (Å²) in [5.41, 5.74) is 0. The van der Waals surface area contributed by atoms with Gasteiger partial charge in [-0.2, -0.15) is 0 Å². The van der Waals surface area contributed by atoms with Gasteiger partial charge in [0.15, 0.2) is 5.16 Å². The van der Waals surface area contributed by atoms with E-state index in [0.29, 0.717) is 6.61 Å². The van der Waals surface area contributed by atoms with Crippen molar-refractivity contribution in [2.24, 2.45) is 0 Å². The fourth-order valence-corrected chi connectivity index (χ4v) is 2.07. The van der Waals surface area contributed by atoms with Gasteiger partial charge in [0.2, 0.25) is 0 Å². The van der Waals surface area contributed by atoms with Crippen LogP contribution in [0, 0.1) is 0 Å². The smallest absolute Gasteiger partial charge is 0.187 e. The number of halogens is 1. The third kappa shape index (κ3) is 4.36. The lowest BCUT2D eigenvalue weighted by Gasteiger charge is -2.05. The molecule has 0 aliphatic heterocycles. The van der Waals surface area contributed by atoms with Crippen LogP contribution >= 0.6 is 27.7 Å². The zero-order valence-corrected chi connectivity index (χ0v) is 11.4. The van der Waals surface area contributed by atoms with Crippen LogP contribution in [0.25, 0.3) is 0 Å². The van der Waals surface area contributed by atoms with Crippen LogP contribution in [0.2, 0.25) is 0 Å². The molecule has 0 amide bonds. The molecule has 3 nitrogen and oxygen atoms in total. The second-order valence-corrected chi connectivity index (χ2v) is 5.16. The molecule has 0 radical (unpaired) electrons. The lowest BCUT2D eigenvalue weighted by Crippen LogP contribution is -2.00. The largest absolute Gasteiger partial charge is 0.493 e. The zero-order chi connectivity index (χ0) is 11.9. The second kappa shape index (κ2) is 6.61. The highest BCUT2D eigenvalue weighted by molar-refractivity contribution is 9.10. The molecule has 0 N–H and O–H groups in total. The first-order valence-electron chi connectivity index (χ1n) is 5.13. The first-order chi connectivity index (χ1) is 8.34. The number of thioether (sulfide) groups is 1. The molecule has 0 unspecified atom stereocenters. The highest BCUT2D eigenvalue weighted by Gasteiger charge is 1.97. The minimum Gasteiger partial charge on any atom is -0.493 e. The average molecular weight is 311 g/mol. The van der Waals surface area contributed by atoms with Gasteiger partial charge in [-0.25, -0.2) is 9.97 Å². The van der Waals surface area contributed by atoms with Gasteiger partial charge in [-0.1, -0.05) is 27.7 Å². The van der Waals surface area contributed by atoms with Crippen molar-refractivity contribution in [1.82, 2.24) is 9.97 Å². The van der Waals surface area contributed by atoms with Gasteiger partial charge in [0.1, 0.15) is 5.75 Å². The van der Waals surface area contributed by atoms with E-state index < -0.39 is 0 Å². The lowest BCUT2D eigenvalue weighted by molar-refractivity contribution is 0.344. The van der Waals surface area contributed by atoms with Crippen molar-refractivity contribution < 1.29 is 4.74 Å². The fraction of sp³-hybridized carbons (Fsp3) is 0.167. The van der Waals surface area contributed by atoms with Crippen LogP contribution in [0.15, 0.2) is 52.4 Å². The summed E-state index contributed by atoms with van der Waals surface area (Å²) in [7, 11) is 0. The summed E-state index contributed by atoms with van der Waals surface area (Å²) in [6, 6.07) is 9.61. The Hall–Kier alpha value is -1.07. The van der Waals surface area contributed by atoms with Crippen LogP contribution in [0.3, 0.4) is 0 Å². The summed E-state index contributed by atoms with van der Waals surface area (Å²) in [6.07, 6.45) is 3.48. The Labute approximate surface area is 113 Å². The highest BCUT2D eigenvalue weighted by atomic mass is 79.9. The Morgan fingerprint density at radius 1 is 1.12 bits per heavy atom. The molecule has 88 valence electrons. The molecule has 17 heavy (non-hydrogen) atoms. The van der Waals surface area contributed by atoms with E-state index in [2.05, 4.69) is 25.9 Å². The number of hydrogen-bond donors (Lipinski definition) is 0. The minimum atomic E-state index is 0.643. The topological polar surface area (TPSA) is 35.0 Å². The summed E-state index contributed by atoms with van der Waals surface area (Å²) in [5.74, 6) is 1.71. The molecule has 0 spiro atoms. The molecule has 0 saturated carbocycles. The summed E-state index contributed by atoms with van der Waals surface area (Å²) in [6.45, 7) is 0.643. The maximum absolute atomic E-state index is 5.59. The van der Waals surface area contributed by atoms with Gasteiger partial charge in [0.25, 0.3) is 0 Å². The van der Waals surface area contributed by atoms with Gasteiger partial charge in [-0.15, -0.1) is 0 Å². The predicted octanol–water partition coefficient (Wildman–Crippen LogP) is 3.41. The van der Waals surface area contributed by atoms with Crippen LogP contribution in [0.5, 0.6) is 5.75 Å². The molecular weight excluding hydrogens is 300 g/mol. The third-order valence-corrected chi connectivity index (χ3v) is 3.31. The number of hydrogen-bond acceptors (Lipinski definition) is 4. The van der Waals surface area contributed by atoms with Crippen molar-refractivity contribution in [3.05, 3.63) is 47.2 Å². The van der Waals surface area contributed by atoms with Gasteiger partial charge in [0, 0.05) is 22.6 Å². The monoisotopic (exact) mass is 310 g/mol. The number of rotatable bonds is 5. The molecule has 0 saturated heterocycles. The third-order valence-electron chi connectivity index (χ3n) is 1.94. The van der Waals surface area contributed by atoms with E-state index >= 15 is 0 Å². The Balaban J connectivity index is 1.71. The predicted molar refractivity (Wildman–Crippen MR) is 72.4 cm³/mol. The highest BCUT2D eigenvalue weighted by Crippen LogP contribution is 2.17. The van der Waals surface area contributed by atoms with Crippen molar-refractivity contribution in [3.63, 3.8) is 0 Å². The number of aromatic nitrogens is 2. The molecule has 0 aliphatic rings. The van der Waals surface area contributed by atoms with Gasteiger partial charge in [-0.3, -0.25) is 0 Å². The summed E-state index contributed by atoms with van der Waals surface area (Å²) >= 11 is 4.97. The van der Waals surface area contributed by atoms with Gasteiger partial charge in [-0.05, 0) is 30.3 Å². The Bertz CT molecular complexity index is 450. The van der Waals surface area contributed by atoms with Crippen LogP contribution in [0.1, 0.15) is 0 Å². The van der Waals surface area contributed by atoms with E-state index in [1.54, 1.807) is 24.2 Å². The van der Waals surface area contributed by atoms with Crippen LogP contribution < -0.4 is 4.74 Å². The molecule has 0 fully saturated rings. The summed E-state index contributed by atoms with van der Waals surface area (Å²) < 4.78 is 6.64. The number of nitrogens with zero attached hydrogens (tertiary/aromatic N) is 2. The molecule has 5 heteroatoms. The quantitative estimate of drug-likeness (QED) is 0.481. The van der Waals surface area contributed by atoms with E-state index in [-0.39, 0.29) is 0 Å². The summed E-state index contributed by atoms with van der Waals surface area (Å²) in [5, 5.41) is 0.784. The molecule has 0 aliphatic carbocycles. The molecule has 1 aromatic carbocycles. The van der Waals surface area contributed by atoms with E-state index in [1.807, 2.05) is 30.3 Å². The average Bonchev–Trinajstić information content (AvgIpc) is 2.38. The minimum absolute atomic E-state index is 0.643. The fourth-order valence-electron chi connectivity index (χ4n) is 1.18. The van der Waals surface area contributed by atoms with Crippen molar-refractivity contribution in [1.29, 1.82) is 0 Å². The zero-order valence-electron chi connectivity index (χ0n) is 9.04. The maximum Gasteiger partial charge on any atom is 0.187 e. The first kappa shape index (κ1) is 12.4. The molecule has 1 aromatic heterocycles. The van der Waals surface area contributed by atoms with Crippen molar-refractivity contribution in [3.8, 4) is 5.75 Å². The van der Waals surface area contributed by atoms with Crippen LogP contribution in [0.4, 0.5) is 0 Å². The van der Waals surface area contributed by atoms with Crippen molar-refractivity contribution in [2.75, 3.05) is 12.4 Å². The van der Waals surface area contributed by atoms with Crippen LogP contribution in [-0.2, 0) is 0 Å². The maximum atomic E-state index is 5.59. The molecular formula is C12H11BrN2OS.